The number of halogens is 5. The molecule has 0 fully saturated rings. The number of aryl methyl sites for hydroxylation is 1. The second-order valence-electron chi connectivity index (χ2n) is 5.89. The van der Waals surface area contributed by atoms with E-state index < -0.39 is 16.8 Å². The summed E-state index contributed by atoms with van der Waals surface area (Å²) in [5, 5.41) is 5.94. The van der Waals surface area contributed by atoms with Crippen LogP contribution < -0.4 is 16.4 Å². The maximum Gasteiger partial charge on any atom is 0.417 e. The second-order valence-corrected chi connectivity index (χ2v) is 6.71. The highest BCUT2D eigenvalue weighted by atomic mass is 35.5. The minimum Gasteiger partial charge on any atom is -0.393 e. The van der Waals surface area contributed by atoms with Crippen LogP contribution in [0.2, 0.25) is 10.0 Å². The third kappa shape index (κ3) is 4.40. The van der Waals surface area contributed by atoms with Crippen molar-refractivity contribution in [2.45, 2.75) is 13.1 Å². The lowest BCUT2D eigenvalue weighted by atomic mass is 10.2. The molecule has 10 heteroatoms. The number of benzene rings is 2. The quantitative estimate of drug-likeness (QED) is 0.463. The van der Waals surface area contributed by atoms with Gasteiger partial charge in [-0.2, -0.15) is 13.2 Å². The maximum absolute atomic E-state index is 13.0. The van der Waals surface area contributed by atoms with Crippen LogP contribution >= 0.6 is 23.2 Å². The fourth-order valence-electron chi connectivity index (χ4n) is 2.36. The molecule has 0 saturated heterocycles. The van der Waals surface area contributed by atoms with E-state index in [1.165, 1.54) is 12.4 Å². The molecular formula is C18H14Cl2F3N5. The number of rotatable bonds is 4. The first-order chi connectivity index (χ1) is 13.1. The molecule has 146 valence electrons. The summed E-state index contributed by atoms with van der Waals surface area (Å²) in [6, 6.07) is 8.76. The van der Waals surface area contributed by atoms with Gasteiger partial charge in [0.15, 0.2) is 11.6 Å². The van der Waals surface area contributed by atoms with E-state index in [1.54, 1.807) is 12.1 Å². The van der Waals surface area contributed by atoms with Crippen LogP contribution in [0.1, 0.15) is 11.1 Å². The third-order valence-corrected chi connectivity index (χ3v) is 4.59. The first-order valence-electron chi connectivity index (χ1n) is 7.92. The van der Waals surface area contributed by atoms with Crippen molar-refractivity contribution in [1.29, 1.82) is 0 Å². The summed E-state index contributed by atoms with van der Waals surface area (Å²) >= 11 is 11.7. The number of hydrogen-bond acceptors (Lipinski definition) is 5. The number of nitrogens with one attached hydrogen (secondary N) is 2. The highest BCUT2D eigenvalue weighted by Crippen LogP contribution is 2.37. The Labute approximate surface area is 168 Å². The molecule has 3 aromatic rings. The van der Waals surface area contributed by atoms with Crippen LogP contribution in [0.25, 0.3) is 0 Å². The van der Waals surface area contributed by atoms with Gasteiger partial charge in [0.1, 0.15) is 12.0 Å². The molecule has 4 N–H and O–H groups in total. The molecule has 0 unspecified atom stereocenters. The average molecular weight is 428 g/mol. The van der Waals surface area contributed by atoms with Gasteiger partial charge < -0.3 is 16.4 Å². The van der Waals surface area contributed by atoms with Crippen LogP contribution in [0.5, 0.6) is 0 Å². The zero-order valence-corrected chi connectivity index (χ0v) is 15.9. The molecule has 0 spiro atoms. The van der Waals surface area contributed by atoms with Gasteiger partial charge in [0.05, 0.1) is 10.6 Å². The van der Waals surface area contributed by atoms with E-state index in [4.69, 9.17) is 28.9 Å². The standard InChI is InChI=1S/C18H14Cl2F3N5/c1-9-2-3-11(7-14(9)20)28-17-15(24)16(25-8-26-17)27-10-4-5-13(19)12(6-10)18(21,22)23/h2-8H,24H2,1H3,(H2,25,26,27,28). The number of alkyl halides is 3. The SMILES string of the molecule is Cc1ccc(Nc2ncnc(Nc3ccc(Cl)c(C(F)(F)F)c3)c2N)cc1Cl. The first-order valence-corrected chi connectivity index (χ1v) is 8.68. The van der Waals surface area contributed by atoms with Gasteiger partial charge in [-0.15, -0.1) is 0 Å². The van der Waals surface area contributed by atoms with Gasteiger partial charge in [0.25, 0.3) is 0 Å². The van der Waals surface area contributed by atoms with Crippen LogP contribution in [-0.4, -0.2) is 9.97 Å². The predicted molar refractivity (Wildman–Crippen MR) is 106 cm³/mol. The zero-order chi connectivity index (χ0) is 20.5. The van der Waals surface area contributed by atoms with E-state index in [1.807, 2.05) is 13.0 Å². The maximum atomic E-state index is 13.0. The van der Waals surface area contributed by atoms with Crippen molar-refractivity contribution in [1.82, 2.24) is 9.97 Å². The van der Waals surface area contributed by atoms with Gasteiger partial charge in [-0.1, -0.05) is 29.3 Å². The van der Waals surface area contributed by atoms with Crippen LogP contribution in [0.4, 0.5) is 41.9 Å². The van der Waals surface area contributed by atoms with Crippen LogP contribution in [0, 0.1) is 6.92 Å². The molecule has 0 aliphatic rings. The Morgan fingerprint density at radius 3 is 2.04 bits per heavy atom. The molecular weight excluding hydrogens is 414 g/mol. The largest absolute Gasteiger partial charge is 0.417 e. The first kappa shape index (κ1) is 20.0. The van der Waals surface area contributed by atoms with E-state index in [9.17, 15) is 13.2 Å². The summed E-state index contributed by atoms with van der Waals surface area (Å²) in [4.78, 5) is 8.06. The summed E-state index contributed by atoms with van der Waals surface area (Å²) in [5.74, 6) is 0.425. The number of aromatic nitrogens is 2. The molecule has 0 saturated carbocycles. The van der Waals surface area contributed by atoms with E-state index in [0.29, 0.717) is 10.7 Å². The van der Waals surface area contributed by atoms with Gasteiger partial charge in [0, 0.05) is 16.4 Å². The molecule has 2 aromatic carbocycles. The Hall–Kier alpha value is -2.71. The third-order valence-electron chi connectivity index (χ3n) is 3.85. The molecule has 1 aromatic heterocycles. The van der Waals surface area contributed by atoms with Crippen molar-refractivity contribution >= 4 is 51.9 Å². The Balaban J connectivity index is 1.88. The lowest BCUT2D eigenvalue weighted by Crippen LogP contribution is -2.08. The Kier molecular flexibility index (Phi) is 5.53. The van der Waals surface area contributed by atoms with E-state index >= 15 is 0 Å². The summed E-state index contributed by atoms with van der Waals surface area (Å²) in [6.07, 6.45) is -3.35. The van der Waals surface area contributed by atoms with Crippen LogP contribution in [-0.2, 0) is 6.18 Å². The van der Waals surface area contributed by atoms with Crippen LogP contribution in [0.15, 0.2) is 42.7 Å². The molecule has 28 heavy (non-hydrogen) atoms. The Morgan fingerprint density at radius 1 is 0.893 bits per heavy atom. The fourth-order valence-corrected chi connectivity index (χ4v) is 2.76. The molecule has 0 atom stereocenters. The minimum atomic E-state index is -4.58. The van der Waals surface area contributed by atoms with Gasteiger partial charge in [-0.3, -0.25) is 0 Å². The molecule has 0 bridgehead atoms. The number of hydrogen-bond donors (Lipinski definition) is 3. The van der Waals surface area contributed by atoms with Gasteiger partial charge in [-0.25, -0.2) is 9.97 Å². The molecule has 0 amide bonds. The fraction of sp³-hybridized carbons (Fsp3) is 0.111. The monoisotopic (exact) mass is 427 g/mol. The van der Waals surface area contributed by atoms with E-state index in [0.717, 1.165) is 17.7 Å². The lowest BCUT2D eigenvalue weighted by molar-refractivity contribution is -0.137. The smallest absolute Gasteiger partial charge is 0.393 e. The molecule has 0 radical (unpaired) electrons. The van der Waals surface area contributed by atoms with Gasteiger partial charge in [0.2, 0.25) is 0 Å². The molecule has 5 nitrogen and oxygen atoms in total. The van der Waals surface area contributed by atoms with Crippen molar-refractivity contribution in [2.24, 2.45) is 0 Å². The molecule has 3 rings (SSSR count). The van der Waals surface area contributed by atoms with Crippen molar-refractivity contribution in [2.75, 3.05) is 16.4 Å². The van der Waals surface area contributed by atoms with Crippen molar-refractivity contribution in [3.63, 3.8) is 0 Å². The van der Waals surface area contributed by atoms with E-state index in [2.05, 4.69) is 20.6 Å². The highest BCUT2D eigenvalue weighted by molar-refractivity contribution is 6.31. The summed E-state index contributed by atoms with van der Waals surface area (Å²) in [7, 11) is 0. The van der Waals surface area contributed by atoms with Crippen molar-refractivity contribution in [3.05, 3.63) is 63.9 Å². The predicted octanol–water partition coefficient (Wildman–Crippen LogP) is 6.18. The van der Waals surface area contributed by atoms with Gasteiger partial charge >= 0.3 is 6.18 Å². The average Bonchev–Trinajstić information content (AvgIpc) is 2.62. The second kappa shape index (κ2) is 7.73. The Bertz CT molecular complexity index is 1020. The highest BCUT2D eigenvalue weighted by Gasteiger charge is 2.33. The molecule has 0 aliphatic heterocycles. The Morgan fingerprint density at radius 2 is 1.46 bits per heavy atom. The van der Waals surface area contributed by atoms with Crippen molar-refractivity contribution in [3.8, 4) is 0 Å². The normalized spacial score (nSPS) is 11.4. The summed E-state index contributed by atoms with van der Waals surface area (Å²) in [6.45, 7) is 1.87. The topological polar surface area (TPSA) is 75.9 Å². The van der Waals surface area contributed by atoms with E-state index in [-0.39, 0.29) is 23.0 Å². The van der Waals surface area contributed by atoms with Gasteiger partial charge in [-0.05, 0) is 42.8 Å². The van der Waals surface area contributed by atoms with Crippen molar-refractivity contribution < 1.29 is 13.2 Å². The number of nitrogen functional groups attached to an aromatic ring is 1. The minimum absolute atomic E-state index is 0.128. The summed E-state index contributed by atoms with van der Waals surface area (Å²) in [5.41, 5.74) is 6.93. The molecule has 1 heterocycles. The zero-order valence-electron chi connectivity index (χ0n) is 14.4. The lowest BCUT2D eigenvalue weighted by Gasteiger charge is -2.15. The summed E-state index contributed by atoms with van der Waals surface area (Å²) < 4.78 is 39.1. The number of nitrogens with two attached hydrogens (primary N) is 1. The van der Waals surface area contributed by atoms with Crippen LogP contribution in [0.3, 0.4) is 0 Å². The number of anilines is 5. The molecule has 0 aliphatic carbocycles. The number of nitrogens with zero attached hydrogens (tertiary/aromatic N) is 2.